The minimum atomic E-state index is -0.571. The lowest BCUT2D eigenvalue weighted by molar-refractivity contribution is -0.136. The topological polar surface area (TPSA) is 77.8 Å². The highest BCUT2D eigenvalue weighted by atomic mass is 79.9. The molecule has 0 fully saturated rings. The van der Waals surface area contributed by atoms with E-state index < -0.39 is 5.97 Å². The van der Waals surface area contributed by atoms with Crippen LogP contribution < -0.4 is 14.2 Å². The van der Waals surface area contributed by atoms with Crippen molar-refractivity contribution in [1.29, 1.82) is 5.26 Å². The Labute approximate surface area is 174 Å². The molecular formula is C19H17Br2NO5. The third-order valence-corrected chi connectivity index (χ3v) is 4.40. The Hall–Kier alpha value is -2.08. The Morgan fingerprint density at radius 2 is 1.63 bits per heavy atom. The molecule has 8 heteroatoms. The van der Waals surface area contributed by atoms with Gasteiger partial charge >= 0.3 is 5.97 Å². The summed E-state index contributed by atoms with van der Waals surface area (Å²) in [4.78, 5) is 12.0. The first-order valence-corrected chi connectivity index (χ1v) is 9.65. The zero-order valence-corrected chi connectivity index (χ0v) is 17.7. The average Bonchev–Trinajstić information content (AvgIpc) is 2.67. The van der Waals surface area contributed by atoms with Gasteiger partial charge in [0.2, 0.25) is 0 Å². The molecule has 2 rings (SSSR count). The number of esters is 1. The maximum Gasteiger partial charge on any atom is 0.349 e. The number of rotatable bonds is 9. The second-order valence-electron chi connectivity index (χ2n) is 5.16. The van der Waals surface area contributed by atoms with Crippen LogP contribution in [-0.4, -0.2) is 32.4 Å². The summed E-state index contributed by atoms with van der Waals surface area (Å²) < 4.78 is 22.4. The van der Waals surface area contributed by atoms with E-state index in [0.717, 1.165) is 0 Å². The van der Waals surface area contributed by atoms with Crippen molar-refractivity contribution in [3.63, 3.8) is 0 Å². The summed E-state index contributed by atoms with van der Waals surface area (Å²) in [5.74, 6) is 0.927. The zero-order valence-electron chi connectivity index (χ0n) is 14.5. The van der Waals surface area contributed by atoms with Crippen molar-refractivity contribution >= 4 is 37.8 Å². The molecule has 0 amide bonds. The van der Waals surface area contributed by atoms with Gasteiger partial charge in [0, 0.05) is 6.61 Å². The highest BCUT2D eigenvalue weighted by Crippen LogP contribution is 2.34. The molecule has 0 bridgehead atoms. The van der Waals surface area contributed by atoms with Gasteiger partial charge in [-0.15, -0.1) is 0 Å². The van der Waals surface area contributed by atoms with Gasteiger partial charge < -0.3 is 18.9 Å². The SMILES string of the molecule is CCOCCOc1ccc(OCC(=O)Oc2c(Br)cc(C#N)cc2Br)cc1. The van der Waals surface area contributed by atoms with Crippen LogP contribution in [0.25, 0.3) is 0 Å². The Kier molecular flexibility index (Phi) is 8.58. The maximum atomic E-state index is 12.0. The van der Waals surface area contributed by atoms with E-state index >= 15 is 0 Å². The second-order valence-corrected chi connectivity index (χ2v) is 6.87. The second kappa shape index (κ2) is 10.9. The number of hydrogen-bond acceptors (Lipinski definition) is 6. The lowest BCUT2D eigenvalue weighted by Gasteiger charge is -2.11. The van der Waals surface area contributed by atoms with Crippen LogP contribution in [0.1, 0.15) is 12.5 Å². The molecule has 6 nitrogen and oxygen atoms in total. The van der Waals surface area contributed by atoms with Crippen molar-refractivity contribution < 1.29 is 23.7 Å². The Morgan fingerprint density at radius 1 is 1.04 bits per heavy atom. The summed E-state index contributed by atoms with van der Waals surface area (Å²) in [7, 11) is 0. The maximum absolute atomic E-state index is 12.0. The number of benzene rings is 2. The molecule has 0 spiro atoms. The molecule has 0 heterocycles. The van der Waals surface area contributed by atoms with Gasteiger partial charge in [-0.2, -0.15) is 5.26 Å². The van der Waals surface area contributed by atoms with E-state index in [-0.39, 0.29) is 6.61 Å². The smallest absolute Gasteiger partial charge is 0.349 e. The number of nitrogens with zero attached hydrogens (tertiary/aromatic N) is 1. The summed E-state index contributed by atoms with van der Waals surface area (Å²) in [6.45, 7) is 3.32. The summed E-state index contributed by atoms with van der Waals surface area (Å²) in [5, 5.41) is 8.93. The molecule has 2 aromatic carbocycles. The van der Waals surface area contributed by atoms with Crippen molar-refractivity contribution in [3.8, 4) is 23.3 Å². The van der Waals surface area contributed by atoms with Gasteiger partial charge in [0.1, 0.15) is 18.1 Å². The van der Waals surface area contributed by atoms with Gasteiger partial charge in [-0.25, -0.2) is 4.79 Å². The van der Waals surface area contributed by atoms with E-state index in [4.69, 9.17) is 24.2 Å². The fraction of sp³-hybridized carbons (Fsp3) is 0.263. The van der Waals surface area contributed by atoms with Crippen LogP contribution in [0.4, 0.5) is 0 Å². The summed E-state index contributed by atoms with van der Waals surface area (Å²) in [6, 6.07) is 12.1. The fourth-order valence-electron chi connectivity index (χ4n) is 2.00. The lowest BCUT2D eigenvalue weighted by atomic mass is 10.2. The molecule has 0 aliphatic rings. The number of hydrogen-bond donors (Lipinski definition) is 0. The van der Waals surface area contributed by atoms with Gasteiger partial charge in [-0.3, -0.25) is 0 Å². The number of carbonyl (C=O) groups is 1. The van der Waals surface area contributed by atoms with Gasteiger partial charge in [0.05, 0.1) is 27.2 Å². The van der Waals surface area contributed by atoms with Crippen molar-refractivity contribution in [2.45, 2.75) is 6.92 Å². The molecule has 0 N–H and O–H groups in total. The number of nitriles is 1. The lowest BCUT2D eigenvalue weighted by Crippen LogP contribution is -2.18. The van der Waals surface area contributed by atoms with Crippen LogP contribution in [0.2, 0.25) is 0 Å². The van der Waals surface area contributed by atoms with E-state index in [0.29, 0.717) is 51.6 Å². The third kappa shape index (κ3) is 6.86. The van der Waals surface area contributed by atoms with Crippen LogP contribution in [0.3, 0.4) is 0 Å². The highest BCUT2D eigenvalue weighted by molar-refractivity contribution is 9.11. The fourth-order valence-corrected chi connectivity index (χ4v) is 3.35. The molecule has 0 unspecified atom stereocenters. The first kappa shape index (κ1) is 21.2. The minimum absolute atomic E-state index is 0.260. The van der Waals surface area contributed by atoms with Crippen LogP contribution in [0.15, 0.2) is 45.3 Å². The normalized spacial score (nSPS) is 10.1. The molecule has 0 aliphatic carbocycles. The predicted octanol–water partition coefficient (Wildman–Crippen LogP) is 4.48. The average molecular weight is 499 g/mol. The van der Waals surface area contributed by atoms with Crippen molar-refractivity contribution in [2.75, 3.05) is 26.4 Å². The third-order valence-electron chi connectivity index (χ3n) is 3.22. The van der Waals surface area contributed by atoms with Crippen LogP contribution >= 0.6 is 31.9 Å². The molecule has 0 saturated heterocycles. The molecule has 142 valence electrons. The van der Waals surface area contributed by atoms with Gasteiger partial charge in [-0.1, -0.05) is 0 Å². The van der Waals surface area contributed by atoms with E-state index in [1.54, 1.807) is 36.4 Å². The van der Waals surface area contributed by atoms with E-state index in [2.05, 4.69) is 31.9 Å². The van der Waals surface area contributed by atoms with E-state index in [1.165, 1.54) is 0 Å². The molecule has 2 aromatic rings. The Morgan fingerprint density at radius 3 is 2.19 bits per heavy atom. The molecule has 0 radical (unpaired) electrons. The van der Waals surface area contributed by atoms with Gasteiger partial charge in [-0.05, 0) is 75.2 Å². The monoisotopic (exact) mass is 497 g/mol. The first-order valence-electron chi connectivity index (χ1n) is 8.06. The number of ether oxygens (including phenoxy) is 4. The number of carbonyl (C=O) groups excluding carboxylic acids is 1. The van der Waals surface area contributed by atoms with Crippen LogP contribution in [0.5, 0.6) is 17.2 Å². The minimum Gasteiger partial charge on any atom is -0.491 e. The molecule has 0 atom stereocenters. The first-order chi connectivity index (χ1) is 13.0. The predicted molar refractivity (Wildman–Crippen MR) is 106 cm³/mol. The van der Waals surface area contributed by atoms with Crippen molar-refractivity contribution in [1.82, 2.24) is 0 Å². The quantitative estimate of drug-likeness (QED) is 0.288. The van der Waals surface area contributed by atoms with Crippen LogP contribution in [-0.2, 0) is 9.53 Å². The van der Waals surface area contributed by atoms with Crippen molar-refractivity contribution in [2.24, 2.45) is 0 Å². The highest BCUT2D eigenvalue weighted by Gasteiger charge is 2.14. The van der Waals surface area contributed by atoms with E-state index in [9.17, 15) is 4.79 Å². The summed E-state index contributed by atoms with van der Waals surface area (Å²) in [6.07, 6.45) is 0. The molecule has 0 saturated carbocycles. The van der Waals surface area contributed by atoms with Crippen molar-refractivity contribution in [3.05, 3.63) is 50.9 Å². The summed E-state index contributed by atoms with van der Waals surface area (Å²) >= 11 is 6.56. The molecule has 0 aromatic heterocycles. The largest absolute Gasteiger partial charge is 0.491 e. The van der Waals surface area contributed by atoms with Gasteiger partial charge in [0.25, 0.3) is 0 Å². The van der Waals surface area contributed by atoms with Crippen LogP contribution in [0, 0.1) is 11.3 Å². The molecule has 0 aliphatic heterocycles. The number of halogens is 2. The Balaban J connectivity index is 1.84. The molecular weight excluding hydrogens is 482 g/mol. The summed E-state index contributed by atoms with van der Waals surface area (Å²) in [5.41, 5.74) is 0.438. The van der Waals surface area contributed by atoms with Gasteiger partial charge in [0.15, 0.2) is 12.4 Å². The Bertz CT molecular complexity index is 795. The van der Waals surface area contributed by atoms with E-state index in [1.807, 2.05) is 13.0 Å². The standard InChI is InChI=1S/C19H17Br2NO5/c1-2-24-7-8-25-14-3-5-15(6-4-14)26-12-18(23)27-19-16(20)9-13(11-22)10-17(19)21/h3-6,9-10H,2,7-8,12H2,1H3. The zero-order chi connectivity index (χ0) is 19.6. The molecule has 27 heavy (non-hydrogen) atoms.